The molecule has 1 aliphatic carbocycles. The van der Waals surface area contributed by atoms with Crippen LogP contribution in [0.15, 0.2) is 0 Å². The van der Waals surface area contributed by atoms with Crippen LogP contribution >= 0.6 is 0 Å². The average molecular weight is 189 g/mol. The highest BCUT2D eigenvalue weighted by atomic mass is 19.1. The lowest BCUT2D eigenvalue weighted by Gasteiger charge is -2.30. The van der Waals surface area contributed by atoms with Gasteiger partial charge < -0.3 is 4.74 Å². The van der Waals surface area contributed by atoms with Crippen LogP contribution < -0.4 is 0 Å². The molecule has 3 aliphatic rings. The molecule has 0 aromatic rings. The van der Waals surface area contributed by atoms with Gasteiger partial charge in [0.2, 0.25) is 0 Å². The molecule has 0 N–H and O–H groups in total. The first-order valence-electron chi connectivity index (χ1n) is 5.07. The van der Waals surface area contributed by atoms with Gasteiger partial charge in [-0.2, -0.15) is 0 Å². The highest BCUT2D eigenvalue weighted by Gasteiger charge is 2.61. The van der Waals surface area contributed by atoms with Gasteiger partial charge in [0.25, 0.3) is 0 Å². The van der Waals surface area contributed by atoms with Gasteiger partial charge in [-0.3, -0.25) is 4.90 Å². The Morgan fingerprint density at radius 3 is 2.31 bits per heavy atom. The van der Waals surface area contributed by atoms with E-state index in [1.165, 1.54) is 0 Å². The van der Waals surface area contributed by atoms with E-state index in [0.717, 1.165) is 12.8 Å². The normalized spacial score (nSPS) is 42.2. The summed E-state index contributed by atoms with van der Waals surface area (Å²) in [6.07, 6.45) is 1.44. The van der Waals surface area contributed by atoms with Crippen molar-refractivity contribution >= 4 is 0 Å². The van der Waals surface area contributed by atoms with E-state index in [4.69, 9.17) is 4.74 Å². The van der Waals surface area contributed by atoms with Crippen LogP contribution in [0.4, 0.5) is 4.39 Å². The molecule has 13 heavy (non-hydrogen) atoms. The maximum Gasteiger partial charge on any atom is 0.131 e. The number of alkyl halides is 1. The van der Waals surface area contributed by atoms with E-state index in [2.05, 4.69) is 4.90 Å². The highest BCUT2D eigenvalue weighted by Crippen LogP contribution is 2.51. The molecular weight excluding hydrogens is 169 g/mol. The summed E-state index contributed by atoms with van der Waals surface area (Å²) in [4.78, 5) is 2.11. The molecule has 2 aliphatic heterocycles. The minimum absolute atomic E-state index is 0.0116. The number of likely N-dealkylation sites (N-methyl/N-ethyl adjacent to an activating group) is 1. The van der Waals surface area contributed by atoms with Gasteiger partial charge in [-0.1, -0.05) is 13.8 Å². The number of fused-ring (bicyclic) bond motifs is 1. The summed E-state index contributed by atoms with van der Waals surface area (Å²) < 4.78 is 18.6. The van der Waals surface area contributed by atoms with Crippen molar-refractivity contribution in [3.8, 4) is 0 Å². The van der Waals surface area contributed by atoms with Crippen LogP contribution in [0.2, 0.25) is 0 Å². The summed E-state index contributed by atoms with van der Waals surface area (Å²) >= 11 is 0. The largest absolute Gasteiger partial charge is 0.383 e. The summed E-state index contributed by atoms with van der Waals surface area (Å²) in [6.45, 7) is 4.53. The van der Waals surface area contributed by atoms with Crippen molar-refractivity contribution in [3.05, 3.63) is 0 Å². The molecule has 0 spiro atoms. The van der Waals surface area contributed by atoms with Gasteiger partial charge in [0, 0.05) is 13.2 Å². The van der Waals surface area contributed by atoms with E-state index < -0.39 is 5.67 Å². The third kappa shape index (κ3) is 1.59. The third-order valence-electron chi connectivity index (χ3n) is 3.14. The van der Waals surface area contributed by atoms with E-state index in [9.17, 15) is 4.39 Å². The Balaban J connectivity index is 0.000000396. The third-order valence-corrected chi connectivity index (χ3v) is 3.14. The second-order valence-corrected chi connectivity index (χ2v) is 3.73. The Morgan fingerprint density at radius 1 is 1.46 bits per heavy atom. The fourth-order valence-corrected chi connectivity index (χ4v) is 2.33. The molecule has 1 saturated carbocycles. The number of ether oxygens (including phenoxy) is 1. The summed E-state index contributed by atoms with van der Waals surface area (Å²) in [5, 5.41) is 0. The molecule has 3 heteroatoms. The Morgan fingerprint density at radius 2 is 2.00 bits per heavy atom. The molecular formula is C10H20FNO. The Labute approximate surface area is 80.1 Å². The van der Waals surface area contributed by atoms with Gasteiger partial charge in [-0.25, -0.2) is 4.39 Å². The number of halogens is 1. The molecule has 0 radical (unpaired) electrons. The molecule has 2 bridgehead atoms. The van der Waals surface area contributed by atoms with Gasteiger partial charge >= 0.3 is 0 Å². The molecule has 3 fully saturated rings. The Kier molecular flexibility index (Phi) is 3.30. The quantitative estimate of drug-likeness (QED) is 0.657. The summed E-state index contributed by atoms with van der Waals surface area (Å²) in [6, 6.07) is 0.498. The van der Waals surface area contributed by atoms with Crippen molar-refractivity contribution in [2.24, 2.45) is 0 Å². The Hall–Kier alpha value is -0.150. The van der Waals surface area contributed by atoms with E-state index >= 15 is 0 Å². The highest BCUT2D eigenvalue weighted by molar-refractivity contribution is 5.15. The molecule has 1 atom stereocenters. The SMILES string of the molecule is CC.COCC1N(C)C2CC1(F)C2. The molecule has 2 saturated heterocycles. The number of hydrogen-bond acceptors (Lipinski definition) is 2. The number of methoxy groups -OCH3 is 1. The second-order valence-electron chi connectivity index (χ2n) is 3.73. The van der Waals surface area contributed by atoms with Crippen LogP contribution in [-0.4, -0.2) is 43.4 Å². The van der Waals surface area contributed by atoms with Gasteiger partial charge in [0.15, 0.2) is 0 Å². The maximum absolute atomic E-state index is 13.7. The zero-order chi connectivity index (χ0) is 10.1. The zero-order valence-corrected chi connectivity index (χ0v) is 9.01. The van der Waals surface area contributed by atoms with E-state index in [0.29, 0.717) is 12.6 Å². The molecule has 2 heterocycles. The Bertz CT molecular complexity index is 168. The van der Waals surface area contributed by atoms with Crippen LogP contribution in [0.3, 0.4) is 0 Å². The molecule has 2 nitrogen and oxygen atoms in total. The van der Waals surface area contributed by atoms with Gasteiger partial charge in [0.05, 0.1) is 12.6 Å². The van der Waals surface area contributed by atoms with Crippen molar-refractivity contribution in [2.45, 2.75) is 44.4 Å². The summed E-state index contributed by atoms with van der Waals surface area (Å²) in [5.41, 5.74) is -0.921. The van der Waals surface area contributed by atoms with Crippen LogP contribution in [-0.2, 0) is 4.74 Å². The molecule has 0 amide bonds. The van der Waals surface area contributed by atoms with Crippen molar-refractivity contribution in [1.82, 2.24) is 4.90 Å². The first-order chi connectivity index (χ1) is 6.17. The minimum Gasteiger partial charge on any atom is -0.383 e. The number of nitrogens with zero attached hydrogens (tertiary/aromatic N) is 1. The van der Waals surface area contributed by atoms with Crippen LogP contribution in [0, 0.1) is 0 Å². The molecule has 0 aromatic carbocycles. The predicted molar refractivity (Wildman–Crippen MR) is 51.6 cm³/mol. The standard InChI is InChI=1S/C8H14FNO.C2H6/c1-10-6-3-8(9,4-6)7(10)5-11-2;1-2/h6-7H,3-5H2,1-2H3;1-2H3. The molecule has 1 unspecified atom stereocenters. The van der Waals surface area contributed by atoms with E-state index in [-0.39, 0.29) is 6.04 Å². The lowest BCUT2D eigenvalue weighted by atomic mass is 9.80. The van der Waals surface area contributed by atoms with Crippen LogP contribution in [0.5, 0.6) is 0 Å². The minimum atomic E-state index is -0.921. The molecule has 0 aromatic heterocycles. The maximum atomic E-state index is 13.7. The summed E-state index contributed by atoms with van der Waals surface area (Å²) in [5.74, 6) is 0. The lowest BCUT2D eigenvalue weighted by Crippen LogP contribution is -2.41. The molecule has 3 rings (SSSR count). The predicted octanol–water partition coefficient (Wildman–Crippen LogP) is 1.84. The lowest BCUT2D eigenvalue weighted by molar-refractivity contribution is 0.0492. The molecule has 78 valence electrons. The second kappa shape index (κ2) is 3.93. The van der Waals surface area contributed by atoms with Crippen LogP contribution in [0.1, 0.15) is 26.7 Å². The monoisotopic (exact) mass is 189 g/mol. The van der Waals surface area contributed by atoms with Gasteiger partial charge in [-0.15, -0.1) is 0 Å². The van der Waals surface area contributed by atoms with Gasteiger partial charge in [-0.05, 0) is 19.9 Å². The first-order valence-corrected chi connectivity index (χ1v) is 5.07. The van der Waals surface area contributed by atoms with Crippen molar-refractivity contribution < 1.29 is 9.13 Å². The fraction of sp³-hybridized carbons (Fsp3) is 1.00. The topological polar surface area (TPSA) is 12.5 Å². The van der Waals surface area contributed by atoms with E-state index in [1.807, 2.05) is 20.9 Å². The fourth-order valence-electron chi connectivity index (χ4n) is 2.33. The van der Waals surface area contributed by atoms with Crippen molar-refractivity contribution in [1.29, 1.82) is 0 Å². The summed E-state index contributed by atoms with van der Waals surface area (Å²) in [7, 11) is 3.62. The average Bonchev–Trinajstić information content (AvgIpc) is 2.44. The van der Waals surface area contributed by atoms with Gasteiger partial charge in [0.1, 0.15) is 5.67 Å². The first kappa shape index (κ1) is 10.9. The van der Waals surface area contributed by atoms with Crippen molar-refractivity contribution in [2.75, 3.05) is 20.8 Å². The van der Waals surface area contributed by atoms with E-state index in [1.54, 1.807) is 7.11 Å². The zero-order valence-electron chi connectivity index (χ0n) is 9.01. The van der Waals surface area contributed by atoms with Crippen molar-refractivity contribution in [3.63, 3.8) is 0 Å². The number of hydrogen-bond donors (Lipinski definition) is 0. The smallest absolute Gasteiger partial charge is 0.131 e. The van der Waals surface area contributed by atoms with Crippen LogP contribution in [0.25, 0.3) is 0 Å². The number of rotatable bonds is 2.